The Balaban J connectivity index is 1.38. The lowest BCUT2D eigenvalue weighted by molar-refractivity contribution is 0.102. The van der Waals surface area contributed by atoms with E-state index in [0.717, 1.165) is 39.8 Å². The number of thiazole rings is 1. The van der Waals surface area contributed by atoms with Gasteiger partial charge in [-0.05, 0) is 62.7 Å². The van der Waals surface area contributed by atoms with E-state index in [0.29, 0.717) is 27.8 Å². The van der Waals surface area contributed by atoms with Crippen molar-refractivity contribution in [3.8, 4) is 22.4 Å². The van der Waals surface area contributed by atoms with E-state index in [-0.39, 0.29) is 12.7 Å². The van der Waals surface area contributed by atoms with Gasteiger partial charge in [-0.15, -0.1) is 0 Å². The number of carbonyl (C=O) groups is 1. The first-order valence-electron chi connectivity index (χ1n) is 10.8. The Morgan fingerprint density at radius 2 is 1.85 bits per heavy atom. The fourth-order valence-corrected chi connectivity index (χ4v) is 4.88. The first-order chi connectivity index (χ1) is 16.4. The van der Waals surface area contributed by atoms with Crippen LogP contribution in [0.25, 0.3) is 5.13 Å². The lowest BCUT2D eigenvalue weighted by Gasteiger charge is -2.05. The number of nitrogens with zero attached hydrogens (tertiary/aromatic N) is 3. The first-order valence-corrected chi connectivity index (χ1v) is 11.6. The molecule has 5 rings (SSSR count). The molecule has 1 amide bonds. The highest BCUT2D eigenvalue weighted by atomic mass is 32.1. The number of anilines is 1. The molecule has 3 heterocycles. The van der Waals surface area contributed by atoms with Gasteiger partial charge in [-0.25, -0.2) is 9.67 Å². The van der Waals surface area contributed by atoms with Gasteiger partial charge in [-0.3, -0.25) is 4.79 Å². The van der Waals surface area contributed by atoms with E-state index < -0.39 is 0 Å². The van der Waals surface area contributed by atoms with Gasteiger partial charge in [0.2, 0.25) is 11.9 Å². The molecule has 0 saturated heterocycles. The number of rotatable bonds is 6. The molecule has 0 atom stereocenters. The predicted molar refractivity (Wildman–Crippen MR) is 130 cm³/mol. The van der Waals surface area contributed by atoms with Crippen LogP contribution in [0.3, 0.4) is 0 Å². The Morgan fingerprint density at radius 3 is 2.62 bits per heavy atom. The summed E-state index contributed by atoms with van der Waals surface area (Å²) < 4.78 is 17.9. The van der Waals surface area contributed by atoms with E-state index in [4.69, 9.17) is 19.3 Å². The van der Waals surface area contributed by atoms with Crippen LogP contribution in [-0.2, 0) is 6.42 Å². The average Bonchev–Trinajstić information content (AvgIpc) is 3.53. The van der Waals surface area contributed by atoms with Gasteiger partial charge in [0, 0.05) is 23.4 Å². The van der Waals surface area contributed by atoms with Crippen LogP contribution in [0.2, 0.25) is 0 Å². The summed E-state index contributed by atoms with van der Waals surface area (Å²) in [6.45, 7) is 6.11. The lowest BCUT2D eigenvalue weighted by Crippen LogP contribution is -2.11. The number of benzene rings is 2. The van der Waals surface area contributed by atoms with Crippen LogP contribution >= 0.6 is 11.3 Å². The average molecular weight is 477 g/mol. The second-order valence-corrected chi connectivity index (χ2v) is 9.00. The normalized spacial score (nSPS) is 12.1. The van der Waals surface area contributed by atoms with Gasteiger partial charge in [0.1, 0.15) is 10.6 Å². The van der Waals surface area contributed by atoms with Gasteiger partial charge in [-0.1, -0.05) is 17.4 Å². The zero-order valence-corrected chi connectivity index (χ0v) is 20.2. The largest absolute Gasteiger partial charge is 0.497 e. The van der Waals surface area contributed by atoms with E-state index in [1.165, 1.54) is 11.3 Å². The maximum absolute atomic E-state index is 12.9. The van der Waals surface area contributed by atoms with Crippen molar-refractivity contribution in [2.45, 2.75) is 27.2 Å². The maximum Gasteiger partial charge on any atom is 0.267 e. The zero-order chi connectivity index (χ0) is 23.8. The van der Waals surface area contributed by atoms with E-state index in [9.17, 15) is 4.79 Å². The minimum absolute atomic E-state index is 0.200. The summed E-state index contributed by atoms with van der Waals surface area (Å²) in [4.78, 5) is 18.1. The van der Waals surface area contributed by atoms with Crippen molar-refractivity contribution >= 4 is 22.9 Å². The highest BCUT2D eigenvalue weighted by Crippen LogP contribution is 2.34. The molecule has 0 aliphatic carbocycles. The summed E-state index contributed by atoms with van der Waals surface area (Å²) in [6.07, 6.45) is 0.712. The third-order valence-electron chi connectivity index (χ3n) is 5.78. The van der Waals surface area contributed by atoms with Crippen molar-refractivity contribution in [3.05, 3.63) is 75.6 Å². The molecule has 0 fully saturated rings. The Morgan fingerprint density at radius 1 is 1.09 bits per heavy atom. The van der Waals surface area contributed by atoms with Gasteiger partial charge >= 0.3 is 0 Å². The van der Waals surface area contributed by atoms with Gasteiger partial charge in [-0.2, -0.15) is 5.10 Å². The first kappa shape index (κ1) is 22.0. The van der Waals surface area contributed by atoms with Gasteiger partial charge in [0.15, 0.2) is 11.5 Å². The molecule has 2 aromatic carbocycles. The highest BCUT2D eigenvalue weighted by Gasteiger charge is 2.21. The number of methoxy groups -OCH3 is 1. The monoisotopic (exact) mass is 476 g/mol. The van der Waals surface area contributed by atoms with Crippen molar-refractivity contribution in [1.82, 2.24) is 14.8 Å². The summed E-state index contributed by atoms with van der Waals surface area (Å²) in [6, 6.07) is 13.2. The molecule has 0 spiro atoms. The maximum atomic E-state index is 12.9. The topological polar surface area (TPSA) is 87.5 Å². The van der Waals surface area contributed by atoms with Crippen molar-refractivity contribution in [2.24, 2.45) is 0 Å². The number of aromatic nitrogens is 3. The summed E-state index contributed by atoms with van der Waals surface area (Å²) in [7, 11) is 1.61. The Kier molecular flexibility index (Phi) is 5.70. The summed E-state index contributed by atoms with van der Waals surface area (Å²) in [5, 5.41) is 8.31. The van der Waals surface area contributed by atoms with Crippen LogP contribution in [0.15, 0.2) is 42.5 Å². The molecule has 9 heteroatoms. The highest BCUT2D eigenvalue weighted by molar-refractivity contribution is 7.16. The van der Waals surface area contributed by atoms with E-state index in [1.54, 1.807) is 31.4 Å². The molecular formula is C25H24N4O4S. The van der Waals surface area contributed by atoms with Gasteiger partial charge < -0.3 is 19.5 Å². The molecule has 174 valence electrons. The molecule has 1 aliphatic heterocycles. The quantitative estimate of drug-likeness (QED) is 0.429. The van der Waals surface area contributed by atoms with Crippen LogP contribution in [0.5, 0.6) is 17.2 Å². The molecule has 0 unspecified atom stereocenters. The van der Waals surface area contributed by atoms with Crippen LogP contribution in [0, 0.1) is 20.8 Å². The van der Waals surface area contributed by atoms with E-state index >= 15 is 0 Å². The van der Waals surface area contributed by atoms with Crippen molar-refractivity contribution in [2.75, 3.05) is 19.2 Å². The molecule has 0 radical (unpaired) electrons. The standard InChI is InChI=1S/C25H24N4O4S/c1-14-20(11-17-5-10-21-22(12-17)33-13-32-21)16(3)29(28-14)25-26-15(2)23(34-25)24(30)27-18-6-8-19(31-4)9-7-18/h5-10,12H,11,13H2,1-4H3,(H,27,30). The van der Waals surface area contributed by atoms with Gasteiger partial charge in [0.05, 0.1) is 18.5 Å². The van der Waals surface area contributed by atoms with Crippen molar-refractivity contribution in [3.63, 3.8) is 0 Å². The third kappa shape index (κ3) is 4.10. The van der Waals surface area contributed by atoms with E-state index in [1.807, 2.05) is 43.7 Å². The number of nitrogens with one attached hydrogen (secondary N) is 1. The number of hydrogen-bond acceptors (Lipinski definition) is 7. The second kappa shape index (κ2) is 8.83. The number of carbonyl (C=O) groups excluding carboxylic acids is 1. The Hall–Kier alpha value is -3.85. The van der Waals surface area contributed by atoms with Crippen molar-refractivity contribution < 1.29 is 19.0 Å². The Labute approximate surface area is 201 Å². The fourth-order valence-electron chi connectivity index (χ4n) is 3.92. The number of hydrogen-bond donors (Lipinski definition) is 1. The molecule has 2 aromatic heterocycles. The molecule has 4 aromatic rings. The predicted octanol–water partition coefficient (Wildman–Crippen LogP) is 4.83. The van der Waals surface area contributed by atoms with Crippen LogP contribution < -0.4 is 19.5 Å². The minimum atomic E-state index is -0.200. The van der Waals surface area contributed by atoms with Crippen molar-refractivity contribution in [1.29, 1.82) is 0 Å². The number of fused-ring (bicyclic) bond motifs is 1. The smallest absolute Gasteiger partial charge is 0.267 e. The lowest BCUT2D eigenvalue weighted by atomic mass is 10.0. The van der Waals surface area contributed by atoms with Crippen LogP contribution in [0.4, 0.5) is 5.69 Å². The van der Waals surface area contributed by atoms with Crippen LogP contribution in [-0.4, -0.2) is 34.6 Å². The fraction of sp³-hybridized carbons (Fsp3) is 0.240. The summed E-state index contributed by atoms with van der Waals surface area (Å²) in [5.41, 5.74) is 5.51. The van der Waals surface area contributed by atoms with Crippen LogP contribution in [0.1, 0.15) is 37.9 Å². The zero-order valence-electron chi connectivity index (χ0n) is 19.3. The van der Waals surface area contributed by atoms with Gasteiger partial charge in [0.25, 0.3) is 5.91 Å². The molecule has 34 heavy (non-hydrogen) atoms. The number of ether oxygens (including phenoxy) is 3. The molecule has 1 N–H and O–H groups in total. The summed E-state index contributed by atoms with van der Waals surface area (Å²) in [5.74, 6) is 2.07. The molecule has 8 nitrogen and oxygen atoms in total. The van der Waals surface area contributed by atoms with E-state index in [2.05, 4.69) is 10.3 Å². The molecule has 0 saturated carbocycles. The molecular weight excluding hydrogens is 452 g/mol. The molecule has 0 bridgehead atoms. The molecule has 1 aliphatic rings. The summed E-state index contributed by atoms with van der Waals surface area (Å²) >= 11 is 1.32. The number of aryl methyl sites for hydroxylation is 2. The second-order valence-electron chi connectivity index (χ2n) is 8.02. The minimum Gasteiger partial charge on any atom is -0.497 e. The Bertz CT molecular complexity index is 1370. The SMILES string of the molecule is COc1ccc(NC(=O)c2sc(-n3nc(C)c(Cc4ccc5c(c4)OCO5)c3C)nc2C)cc1. The number of amides is 1. The third-order valence-corrected chi connectivity index (χ3v) is 6.91.